The number of rotatable bonds is 7. The van der Waals surface area contributed by atoms with Crippen LogP contribution in [-0.2, 0) is 21.9 Å². The van der Waals surface area contributed by atoms with E-state index in [0.29, 0.717) is 19.6 Å². The number of hydrogen-bond donors (Lipinski definition) is 2. The molecule has 0 radical (unpaired) electrons. The van der Waals surface area contributed by atoms with Crippen LogP contribution in [0.5, 0.6) is 0 Å². The smallest absolute Gasteiger partial charge is 0.214 e. The average Bonchev–Trinajstić information content (AvgIpc) is 2.93. The maximum atomic E-state index is 11.8. The number of nitrogens with zero attached hydrogens (tertiary/aromatic N) is 2. The Bertz CT molecular complexity index is 728. The molecular formula is C20H35IN4O2S. The summed E-state index contributed by atoms with van der Waals surface area (Å²) >= 11 is 0. The number of guanidine groups is 1. The first-order valence-electron chi connectivity index (χ1n) is 9.82. The van der Waals surface area contributed by atoms with E-state index in [1.807, 2.05) is 6.92 Å². The zero-order valence-corrected chi connectivity index (χ0v) is 20.6. The summed E-state index contributed by atoms with van der Waals surface area (Å²) < 4.78 is 25.2. The SMILES string of the molecule is CCNC(=NCCN1CCCS1(=O)=O)NCCc1ccc(C(C)(C)C)cc1.I. The van der Waals surface area contributed by atoms with E-state index in [4.69, 9.17) is 0 Å². The molecule has 0 amide bonds. The molecule has 1 aliphatic heterocycles. The standard InChI is InChI=1S/C20H34N4O2S.HI/c1-5-21-19(23-13-15-24-14-6-16-27(24,25)26)22-12-11-17-7-9-18(10-8-17)20(2,3)4;/h7-10H,5-6,11-16H2,1-4H3,(H2,21,22,23);1H. The summed E-state index contributed by atoms with van der Waals surface area (Å²) in [6, 6.07) is 8.77. The minimum absolute atomic E-state index is 0. The maximum Gasteiger partial charge on any atom is 0.214 e. The third-order valence-corrected chi connectivity index (χ3v) is 6.65. The third kappa shape index (κ3) is 7.87. The molecule has 0 bridgehead atoms. The van der Waals surface area contributed by atoms with Gasteiger partial charge in [0.05, 0.1) is 12.3 Å². The quantitative estimate of drug-likeness (QED) is 0.328. The van der Waals surface area contributed by atoms with Crippen LogP contribution < -0.4 is 10.6 Å². The lowest BCUT2D eigenvalue weighted by Crippen LogP contribution is -2.39. The molecule has 0 aliphatic carbocycles. The van der Waals surface area contributed by atoms with Gasteiger partial charge in [-0.3, -0.25) is 4.99 Å². The fourth-order valence-electron chi connectivity index (χ4n) is 3.05. The molecule has 8 heteroatoms. The Morgan fingerprint density at radius 2 is 1.86 bits per heavy atom. The fraction of sp³-hybridized carbons (Fsp3) is 0.650. The van der Waals surface area contributed by atoms with Gasteiger partial charge >= 0.3 is 0 Å². The second-order valence-corrected chi connectivity index (χ2v) is 10.0. The lowest BCUT2D eigenvalue weighted by atomic mass is 9.86. The maximum absolute atomic E-state index is 11.8. The summed E-state index contributed by atoms with van der Waals surface area (Å²) in [4.78, 5) is 4.51. The highest BCUT2D eigenvalue weighted by atomic mass is 127. The molecule has 0 saturated carbocycles. The zero-order valence-electron chi connectivity index (χ0n) is 17.5. The van der Waals surface area contributed by atoms with Crippen molar-refractivity contribution in [2.45, 2.75) is 46.0 Å². The van der Waals surface area contributed by atoms with Gasteiger partial charge < -0.3 is 10.6 Å². The Morgan fingerprint density at radius 1 is 1.18 bits per heavy atom. The number of aliphatic imine (C=N–C) groups is 1. The molecule has 0 spiro atoms. The molecule has 1 aromatic carbocycles. The fourth-order valence-corrected chi connectivity index (χ4v) is 4.57. The Balaban J connectivity index is 0.00000392. The van der Waals surface area contributed by atoms with Gasteiger partial charge in [0.2, 0.25) is 10.0 Å². The molecule has 0 atom stereocenters. The van der Waals surface area contributed by atoms with E-state index in [1.54, 1.807) is 0 Å². The van der Waals surface area contributed by atoms with E-state index in [2.05, 4.69) is 60.7 Å². The molecule has 6 nitrogen and oxygen atoms in total. The molecule has 28 heavy (non-hydrogen) atoms. The molecule has 1 aromatic rings. The summed E-state index contributed by atoms with van der Waals surface area (Å²) in [5, 5.41) is 6.55. The van der Waals surface area contributed by atoms with Gasteiger partial charge in [-0.1, -0.05) is 45.0 Å². The molecule has 2 rings (SSSR count). The number of benzene rings is 1. The van der Waals surface area contributed by atoms with Crippen LogP contribution in [0.1, 0.15) is 45.2 Å². The number of nitrogens with one attached hydrogen (secondary N) is 2. The van der Waals surface area contributed by atoms with Crippen molar-refractivity contribution in [3.8, 4) is 0 Å². The lowest BCUT2D eigenvalue weighted by Gasteiger charge is -2.19. The average molecular weight is 522 g/mol. The molecule has 1 heterocycles. The van der Waals surface area contributed by atoms with Crippen molar-refractivity contribution in [3.63, 3.8) is 0 Å². The molecule has 0 unspecified atom stereocenters. The summed E-state index contributed by atoms with van der Waals surface area (Å²) in [5.74, 6) is 1.00. The Labute approximate surface area is 187 Å². The molecule has 1 saturated heterocycles. The van der Waals surface area contributed by atoms with Gasteiger partial charge in [-0.15, -0.1) is 24.0 Å². The van der Waals surface area contributed by atoms with Gasteiger partial charge in [0.15, 0.2) is 5.96 Å². The Kier molecular flexibility index (Phi) is 10.2. The highest BCUT2D eigenvalue weighted by molar-refractivity contribution is 14.0. The van der Waals surface area contributed by atoms with Crippen LogP contribution in [0.3, 0.4) is 0 Å². The second kappa shape index (κ2) is 11.3. The van der Waals surface area contributed by atoms with Gasteiger partial charge in [0, 0.05) is 26.2 Å². The van der Waals surface area contributed by atoms with Gasteiger partial charge in [-0.25, -0.2) is 12.7 Å². The van der Waals surface area contributed by atoms with Crippen LogP contribution in [0.25, 0.3) is 0 Å². The second-order valence-electron chi connectivity index (χ2n) is 7.95. The molecule has 1 aliphatic rings. The predicted octanol–water partition coefficient (Wildman–Crippen LogP) is 2.74. The van der Waals surface area contributed by atoms with Crippen molar-refractivity contribution in [2.24, 2.45) is 4.99 Å². The van der Waals surface area contributed by atoms with Crippen LogP contribution in [0, 0.1) is 0 Å². The van der Waals surface area contributed by atoms with Crippen LogP contribution in [0.2, 0.25) is 0 Å². The van der Waals surface area contributed by atoms with Crippen LogP contribution in [-0.4, -0.2) is 57.2 Å². The summed E-state index contributed by atoms with van der Waals surface area (Å²) in [6.45, 7) is 11.8. The highest BCUT2D eigenvalue weighted by Crippen LogP contribution is 2.22. The minimum Gasteiger partial charge on any atom is -0.357 e. The van der Waals surface area contributed by atoms with E-state index in [0.717, 1.165) is 31.9 Å². The predicted molar refractivity (Wildman–Crippen MR) is 128 cm³/mol. The van der Waals surface area contributed by atoms with Gasteiger partial charge in [-0.05, 0) is 36.3 Å². The molecule has 1 fully saturated rings. The normalized spacial score (nSPS) is 17.2. The first-order chi connectivity index (χ1) is 12.7. The lowest BCUT2D eigenvalue weighted by molar-refractivity contribution is 0.452. The van der Waals surface area contributed by atoms with Crippen molar-refractivity contribution < 1.29 is 8.42 Å². The number of sulfonamides is 1. The van der Waals surface area contributed by atoms with E-state index in [1.165, 1.54) is 15.4 Å². The molecular weight excluding hydrogens is 487 g/mol. The molecule has 160 valence electrons. The first kappa shape index (κ1) is 25.2. The van der Waals surface area contributed by atoms with E-state index in [9.17, 15) is 8.42 Å². The summed E-state index contributed by atoms with van der Waals surface area (Å²) in [6.07, 6.45) is 1.63. The first-order valence-corrected chi connectivity index (χ1v) is 11.4. The Hall–Kier alpha value is -0.870. The van der Waals surface area contributed by atoms with Crippen molar-refractivity contribution >= 4 is 40.0 Å². The van der Waals surface area contributed by atoms with Crippen LogP contribution >= 0.6 is 24.0 Å². The number of halogens is 1. The van der Waals surface area contributed by atoms with Crippen LogP contribution in [0.4, 0.5) is 0 Å². The van der Waals surface area contributed by atoms with Crippen molar-refractivity contribution in [3.05, 3.63) is 35.4 Å². The minimum atomic E-state index is -3.04. The zero-order chi connectivity index (χ0) is 19.9. The van der Waals surface area contributed by atoms with E-state index < -0.39 is 10.0 Å². The summed E-state index contributed by atoms with van der Waals surface area (Å²) in [7, 11) is -3.04. The number of hydrogen-bond acceptors (Lipinski definition) is 3. The van der Waals surface area contributed by atoms with Gasteiger partial charge in [0.1, 0.15) is 0 Å². The van der Waals surface area contributed by atoms with Crippen LogP contribution in [0.15, 0.2) is 29.3 Å². The highest BCUT2D eigenvalue weighted by Gasteiger charge is 2.27. The third-order valence-electron chi connectivity index (χ3n) is 4.69. The molecule has 2 N–H and O–H groups in total. The van der Waals surface area contributed by atoms with Gasteiger partial charge in [-0.2, -0.15) is 0 Å². The topological polar surface area (TPSA) is 73.8 Å². The summed E-state index contributed by atoms with van der Waals surface area (Å²) in [5.41, 5.74) is 2.80. The Morgan fingerprint density at radius 3 is 2.39 bits per heavy atom. The van der Waals surface area contributed by atoms with E-state index in [-0.39, 0.29) is 35.1 Å². The van der Waals surface area contributed by atoms with Gasteiger partial charge in [0.25, 0.3) is 0 Å². The van der Waals surface area contributed by atoms with Crippen molar-refractivity contribution in [2.75, 3.05) is 38.5 Å². The van der Waals surface area contributed by atoms with Crippen molar-refractivity contribution in [1.82, 2.24) is 14.9 Å². The monoisotopic (exact) mass is 522 g/mol. The largest absolute Gasteiger partial charge is 0.357 e. The molecule has 0 aromatic heterocycles. The van der Waals surface area contributed by atoms with Crippen molar-refractivity contribution in [1.29, 1.82) is 0 Å². The van der Waals surface area contributed by atoms with E-state index >= 15 is 0 Å².